The second-order valence-electron chi connectivity index (χ2n) is 6.14. The van der Waals surface area contributed by atoms with Crippen LogP contribution < -0.4 is 14.8 Å². The molecule has 1 aromatic rings. The Bertz CT molecular complexity index is 597. The van der Waals surface area contributed by atoms with Crippen LogP contribution in [0.5, 0.6) is 17.2 Å². The van der Waals surface area contributed by atoms with E-state index in [-0.39, 0.29) is 29.5 Å². The van der Waals surface area contributed by atoms with E-state index in [0.717, 1.165) is 5.56 Å². The third-order valence-electron chi connectivity index (χ3n) is 4.64. The number of aromatic hydroxyl groups is 1. The van der Waals surface area contributed by atoms with Crippen molar-refractivity contribution in [3.63, 3.8) is 0 Å². The molecule has 2 N–H and O–H groups in total. The lowest BCUT2D eigenvalue weighted by atomic mass is 9.81. The first-order valence-electron chi connectivity index (χ1n) is 8.29. The Balaban J connectivity index is 1.91. The molecule has 7 nitrogen and oxygen atoms in total. The van der Waals surface area contributed by atoms with Crippen LogP contribution in [-0.2, 0) is 20.9 Å². The topological polar surface area (TPSA) is 94.1 Å². The van der Waals surface area contributed by atoms with Crippen LogP contribution in [-0.4, -0.2) is 38.3 Å². The van der Waals surface area contributed by atoms with Gasteiger partial charge in [-0.3, -0.25) is 9.59 Å². The molecule has 1 fully saturated rings. The highest BCUT2D eigenvalue weighted by Gasteiger charge is 2.30. The van der Waals surface area contributed by atoms with E-state index in [1.165, 1.54) is 21.3 Å². The maximum Gasteiger partial charge on any atom is 0.308 e. The molecule has 1 saturated carbocycles. The van der Waals surface area contributed by atoms with Gasteiger partial charge in [0.1, 0.15) is 0 Å². The lowest BCUT2D eigenvalue weighted by Gasteiger charge is -2.26. The van der Waals surface area contributed by atoms with Gasteiger partial charge in [0, 0.05) is 12.5 Å². The van der Waals surface area contributed by atoms with Gasteiger partial charge < -0.3 is 24.6 Å². The fourth-order valence-corrected chi connectivity index (χ4v) is 3.14. The molecule has 0 spiro atoms. The van der Waals surface area contributed by atoms with E-state index < -0.39 is 0 Å². The van der Waals surface area contributed by atoms with Crippen LogP contribution in [0.4, 0.5) is 0 Å². The second-order valence-corrected chi connectivity index (χ2v) is 6.14. The van der Waals surface area contributed by atoms with Gasteiger partial charge in [-0.05, 0) is 43.4 Å². The summed E-state index contributed by atoms with van der Waals surface area (Å²) in [6, 6.07) is 3.32. The number of carbonyl (C=O) groups is 2. The number of amides is 1. The molecule has 138 valence electrons. The lowest BCUT2D eigenvalue weighted by molar-refractivity contribution is -0.147. The predicted octanol–water partition coefficient (Wildman–Crippen LogP) is 2.00. The number of rotatable bonds is 6. The third-order valence-corrected chi connectivity index (χ3v) is 4.64. The number of benzene rings is 1. The molecule has 1 aliphatic carbocycles. The number of hydrogen-bond acceptors (Lipinski definition) is 6. The zero-order chi connectivity index (χ0) is 18.4. The van der Waals surface area contributed by atoms with Gasteiger partial charge in [-0.1, -0.05) is 0 Å². The number of phenols is 1. The average Bonchev–Trinajstić information content (AvgIpc) is 2.66. The first kappa shape index (κ1) is 18.9. The Hall–Kier alpha value is -2.44. The fourth-order valence-electron chi connectivity index (χ4n) is 3.14. The summed E-state index contributed by atoms with van der Waals surface area (Å²) in [7, 11) is 4.30. The molecule has 25 heavy (non-hydrogen) atoms. The summed E-state index contributed by atoms with van der Waals surface area (Å²) in [4.78, 5) is 23.9. The number of hydrogen-bond donors (Lipinski definition) is 2. The van der Waals surface area contributed by atoms with Gasteiger partial charge in [0.25, 0.3) is 0 Å². The highest BCUT2D eigenvalue weighted by Crippen LogP contribution is 2.37. The molecule has 1 amide bonds. The molecular formula is C18H25NO6. The van der Waals surface area contributed by atoms with Crippen molar-refractivity contribution < 1.29 is 28.9 Å². The zero-order valence-corrected chi connectivity index (χ0v) is 14.8. The van der Waals surface area contributed by atoms with Gasteiger partial charge >= 0.3 is 5.97 Å². The molecule has 0 atom stereocenters. The van der Waals surface area contributed by atoms with Crippen molar-refractivity contribution in [1.29, 1.82) is 0 Å². The van der Waals surface area contributed by atoms with E-state index in [0.29, 0.717) is 43.7 Å². The fraction of sp³-hybridized carbons (Fsp3) is 0.556. The van der Waals surface area contributed by atoms with Crippen LogP contribution in [0.25, 0.3) is 0 Å². The third kappa shape index (κ3) is 4.55. The molecule has 7 heteroatoms. The lowest BCUT2D eigenvalue weighted by Crippen LogP contribution is -2.34. The summed E-state index contributed by atoms with van der Waals surface area (Å²) in [5.41, 5.74) is 0.767. The summed E-state index contributed by atoms with van der Waals surface area (Å²) in [6.45, 7) is 0.308. The maximum atomic E-state index is 12.4. The van der Waals surface area contributed by atoms with Crippen LogP contribution in [0.3, 0.4) is 0 Å². The molecule has 0 radical (unpaired) electrons. The molecule has 0 aliphatic heterocycles. The largest absolute Gasteiger partial charge is 0.502 e. The molecule has 1 aromatic carbocycles. The SMILES string of the molecule is COC(=O)C1CCC(C(=O)NCc2cc(OC)c(O)c(OC)c2)CC1. The minimum absolute atomic E-state index is 0.0330. The number of nitrogens with one attached hydrogen (secondary N) is 1. The van der Waals surface area contributed by atoms with Crippen molar-refractivity contribution in [3.8, 4) is 17.2 Å². The highest BCUT2D eigenvalue weighted by molar-refractivity contribution is 5.79. The monoisotopic (exact) mass is 351 g/mol. The van der Waals surface area contributed by atoms with Crippen molar-refractivity contribution in [3.05, 3.63) is 17.7 Å². The van der Waals surface area contributed by atoms with Gasteiger partial charge in [-0.15, -0.1) is 0 Å². The Morgan fingerprint density at radius 1 is 1.04 bits per heavy atom. The van der Waals surface area contributed by atoms with Crippen molar-refractivity contribution in [2.75, 3.05) is 21.3 Å². The van der Waals surface area contributed by atoms with Crippen LogP contribution in [0, 0.1) is 11.8 Å². The highest BCUT2D eigenvalue weighted by atomic mass is 16.5. The van der Waals surface area contributed by atoms with Gasteiger partial charge in [0.05, 0.1) is 27.2 Å². The standard InChI is InChI=1S/C18H25NO6/c1-23-14-8-11(9-15(24-2)16(14)20)10-19-17(21)12-4-6-13(7-5-12)18(22)25-3/h8-9,12-13,20H,4-7,10H2,1-3H3,(H,19,21). The zero-order valence-electron chi connectivity index (χ0n) is 14.8. The Kier molecular flexibility index (Phi) is 6.50. The number of ether oxygens (including phenoxy) is 3. The quantitative estimate of drug-likeness (QED) is 0.762. The first-order chi connectivity index (χ1) is 12.0. The summed E-state index contributed by atoms with van der Waals surface area (Å²) in [6.07, 6.45) is 2.69. The molecule has 1 aliphatic rings. The number of phenolic OH excluding ortho intramolecular Hbond substituents is 1. The number of carbonyl (C=O) groups excluding carboxylic acids is 2. The Labute approximate surface area is 147 Å². The molecular weight excluding hydrogens is 326 g/mol. The summed E-state index contributed by atoms with van der Waals surface area (Å²) in [5, 5.41) is 12.8. The van der Waals surface area contributed by atoms with E-state index in [1.807, 2.05) is 0 Å². The summed E-state index contributed by atoms with van der Waals surface area (Å²) < 4.78 is 15.0. The van der Waals surface area contributed by atoms with Gasteiger partial charge in [0.2, 0.25) is 11.7 Å². The molecule has 0 heterocycles. The Morgan fingerprint density at radius 3 is 2.04 bits per heavy atom. The minimum atomic E-state index is -0.192. The van der Waals surface area contributed by atoms with E-state index in [4.69, 9.17) is 14.2 Å². The van der Waals surface area contributed by atoms with Crippen LogP contribution in [0.2, 0.25) is 0 Å². The molecule has 2 rings (SSSR count). The van der Waals surface area contributed by atoms with Gasteiger partial charge in [0.15, 0.2) is 11.5 Å². The first-order valence-corrected chi connectivity index (χ1v) is 8.29. The number of esters is 1. The Morgan fingerprint density at radius 2 is 1.56 bits per heavy atom. The second kappa shape index (κ2) is 8.60. The van der Waals surface area contributed by atoms with E-state index in [9.17, 15) is 14.7 Å². The summed E-state index contributed by atoms with van der Waals surface area (Å²) in [5.74, 6) is 0.100. The molecule has 0 aromatic heterocycles. The van der Waals surface area contributed by atoms with Gasteiger partial charge in [-0.2, -0.15) is 0 Å². The maximum absolute atomic E-state index is 12.4. The van der Waals surface area contributed by atoms with E-state index >= 15 is 0 Å². The molecule has 0 unspecified atom stereocenters. The van der Waals surface area contributed by atoms with Crippen molar-refractivity contribution in [2.45, 2.75) is 32.2 Å². The molecule has 0 bridgehead atoms. The normalized spacial score (nSPS) is 19.8. The van der Waals surface area contributed by atoms with E-state index in [2.05, 4.69) is 5.32 Å². The smallest absolute Gasteiger partial charge is 0.308 e. The van der Waals surface area contributed by atoms with Crippen molar-refractivity contribution in [2.24, 2.45) is 11.8 Å². The van der Waals surface area contributed by atoms with Crippen LogP contribution in [0.1, 0.15) is 31.2 Å². The average molecular weight is 351 g/mol. The van der Waals surface area contributed by atoms with Gasteiger partial charge in [-0.25, -0.2) is 0 Å². The minimum Gasteiger partial charge on any atom is -0.502 e. The van der Waals surface area contributed by atoms with Crippen LogP contribution in [0.15, 0.2) is 12.1 Å². The predicted molar refractivity (Wildman–Crippen MR) is 90.5 cm³/mol. The summed E-state index contributed by atoms with van der Waals surface area (Å²) >= 11 is 0. The van der Waals surface area contributed by atoms with Crippen molar-refractivity contribution >= 4 is 11.9 Å². The molecule has 0 saturated heterocycles. The van der Waals surface area contributed by atoms with Crippen molar-refractivity contribution in [1.82, 2.24) is 5.32 Å². The number of methoxy groups -OCH3 is 3. The van der Waals surface area contributed by atoms with Crippen LogP contribution >= 0.6 is 0 Å². The van der Waals surface area contributed by atoms with E-state index in [1.54, 1.807) is 12.1 Å².